The second kappa shape index (κ2) is 69.5. The first-order valence-corrected chi connectivity index (χ1v) is 34.0. The van der Waals surface area contributed by atoms with Gasteiger partial charge in [-0.25, -0.2) is 0 Å². The number of carbonyl (C=O) groups is 3. The van der Waals surface area contributed by atoms with Gasteiger partial charge in [0.2, 0.25) is 0 Å². The summed E-state index contributed by atoms with van der Waals surface area (Å²) in [4.78, 5) is 38.3. The summed E-state index contributed by atoms with van der Waals surface area (Å²) < 4.78 is 16.9. The Hall–Kier alpha value is -4.97. The van der Waals surface area contributed by atoms with Crippen molar-refractivity contribution in [2.45, 2.75) is 297 Å². The first-order chi connectivity index (χ1) is 41.0. The molecule has 6 heteroatoms. The van der Waals surface area contributed by atoms with Gasteiger partial charge in [-0.15, -0.1) is 0 Å². The van der Waals surface area contributed by atoms with Crippen LogP contribution in [0.5, 0.6) is 0 Å². The van der Waals surface area contributed by atoms with Gasteiger partial charge in [0.25, 0.3) is 0 Å². The molecule has 0 aromatic carbocycles. The predicted octanol–water partition coefficient (Wildman–Crippen LogP) is 23.7. The van der Waals surface area contributed by atoms with E-state index in [1.165, 1.54) is 103 Å². The summed E-state index contributed by atoms with van der Waals surface area (Å²) in [5, 5.41) is 0. The Balaban J connectivity index is 4.42. The van der Waals surface area contributed by atoms with E-state index < -0.39 is 6.10 Å². The van der Waals surface area contributed by atoms with Gasteiger partial charge in [-0.1, -0.05) is 281 Å². The van der Waals surface area contributed by atoms with Crippen LogP contribution in [0.2, 0.25) is 0 Å². The van der Waals surface area contributed by atoms with E-state index in [-0.39, 0.29) is 31.1 Å². The molecule has 0 aromatic heterocycles. The molecule has 1 atom stereocenters. The van der Waals surface area contributed by atoms with Crippen LogP contribution in [0.1, 0.15) is 290 Å². The lowest BCUT2D eigenvalue weighted by Crippen LogP contribution is -2.30. The van der Waals surface area contributed by atoms with Crippen molar-refractivity contribution in [2.75, 3.05) is 13.2 Å². The molecular weight excluding hydrogens is 1020 g/mol. The van der Waals surface area contributed by atoms with E-state index in [4.69, 9.17) is 14.2 Å². The zero-order valence-electron chi connectivity index (χ0n) is 53.7. The molecule has 0 aliphatic rings. The average molecular weight is 1150 g/mol. The van der Waals surface area contributed by atoms with Crippen molar-refractivity contribution >= 4 is 17.9 Å². The number of carbonyl (C=O) groups excluding carboxylic acids is 3. The Morgan fingerprint density at radius 2 is 0.482 bits per heavy atom. The summed E-state index contributed by atoms with van der Waals surface area (Å²) in [6.45, 7) is 6.44. The molecule has 0 spiro atoms. The first kappa shape index (κ1) is 78.0. The predicted molar refractivity (Wildman–Crippen MR) is 362 cm³/mol. The number of hydrogen-bond donors (Lipinski definition) is 0. The van der Waals surface area contributed by atoms with Crippen LogP contribution in [-0.2, 0) is 28.6 Å². The Morgan fingerprint density at radius 3 is 0.807 bits per heavy atom. The van der Waals surface area contributed by atoms with Crippen LogP contribution in [0.15, 0.2) is 158 Å². The molecule has 0 aromatic rings. The Labute approximate surface area is 511 Å². The van der Waals surface area contributed by atoms with Gasteiger partial charge < -0.3 is 14.2 Å². The van der Waals surface area contributed by atoms with Gasteiger partial charge in [0, 0.05) is 19.3 Å². The molecule has 83 heavy (non-hydrogen) atoms. The van der Waals surface area contributed by atoms with Crippen molar-refractivity contribution < 1.29 is 28.6 Å². The molecule has 0 fully saturated rings. The van der Waals surface area contributed by atoms with Gasteiger partial charge in [-0.3, -0.25) is 14.4 Å². The fourth-order valence-electron chi connectivity index (χ4n) is 8.89. The van der Waals surface area contributed by atoms with Crippen LogP contribution in [0, 0.1) is 0 Å². The first-order valence-electron chi connectivity index (χ1n) is 34.0. The average Bonchev–Trinajstić information content (AvgIpc) is 3.49. The third kappa shape index (κ3) is 67.7. The Bertz CT molecular complexity index is 1840. The fourth-order valence-corrected chi connectivity index (χ4v) is 8.89. The van der Waals surface area contributed by atoms with E-state index in [0.717, 1.165) is 141 Å². The second-order valence-electron chi connectivity index (χ2n) is 22.0. The number of rotatable bonds is 60. The molecule has 0 aliphatic heterocycles. The molecule has 0 aliphatic carbocycles. The van der Waals surface area contributed by atoms with E-state index in [2.05, 4.69) is 179 Å². The highest BCUT2D eigenvalue weighted by Gasteiger charge is 2.19. The summed E-state index contributed by atoms with van der Waals surface area (Å²) in [5.74, 6) is -0.968. The topological polar surface area (TPSA) is 78.9 Å². The van der Waals surface area contributed by atoms with E-state index in [1.54, 1.807) is 0 Å². The fraction of sp³-hybridized carbons (Fsp3) is 0.623. The largest absolute Gasteiger partial charge is 0.462 e. The summed E-state index contributed by atoms with van der Waals surface area (Å²) in [5.41, 5.74) is 0. The van der Waals surface area contributed by atoms with Crippen LogP contribution in [0.3, 0.4) is 0 Å². The van der Waals surface area contributed by atoms with Gasteiger partial charge in [0.1, 0.15) is 13.2 Å². The van der Waals surface area contributed by atoms with Crippen molar-refractivity contribution in [1.29, 1.82) is 0 Å². The van der Waals surface area contributed by atoms with Gasteiger partial charge in [0.05, 0.1) is 0 Å². The van der Waals surface area contributed by atoms with Gasteiger partial charge in [0.15, 0.2) is 6.10 Å². The van der Waals surface area contributed by atoms with Crippen LogP contribution < -0.4 is 0 Å². The Morgan fingerprint density at radius 1 is 0.253 bits per heavy atom. The molecule has 0 saturated carbocycles. The summed E-state index contributed by atoms with van der Waals surface area (Å²) >= 11 is 0. The number of unbranched alkanes of at least 4 members (excludes halogenated alkanes) is 23. The minimum absolute atomic E-state index is 0.106. The zero-order chi connectivity index (χ0) is 59.9. The molecule has 0 heterocycles. The quantitative estimate of drug-likeness (QED) is 0.0261. The highest BCUT2D eigenvalue weighted by Crippen LogP contribution is 2.14. The lowest BCUT2D eigenvalue weighted by atomic mass is 10.1. The molecule has 1 unspecified atom stereocenters. The highest BCUT2D eigenvalue weighted by atomic mass is 16.6. The summed E-state index contributed by atoms with van der Waals surface area (Å²) in [6.07, 6.45) is 101. The summed E-state index contributed by atoms with van der Waals surface area (Å²) in [7, 11) is 0. The molecule has 0 saturated heterocycles. The minimum atomic E-state index is -0.812. The van der Waals surface area contributed by atoms with E-state index >= 15 is 0 Å². The molecule has 468 valence electrons. The molecule has 0 amide bonds. The maximum atomic E-state index is 12.9. The van der Waals surface area contributed by atoms with E-state index in [0.29, 0.717) is 25.7 Å². The smallest absolute Gasteiger partial charge is 0.306 e. The highest BCUT2D eigenvalue weighted by molar-refractivity contribution is 5.71. The van der Waals surface area contributed by atoms with E-state index in [9.17, 15) is 14.4 Å². The standard InChI is InChI=1S/C77H124O6/c1-4-7-10-13-16-19-22-25-28-30-32-33-34-35-36-37-38-39-40-41-42-43-44-45-46-48-49-52-55-58-61-64-67-70-76(79)82-73-74(72-81-75(78)69-66-63-60-57-54-51-27-24-21-18-15-12-9-6-3)83-77(80)71-68-65-62-59-56-53-50-47-31-29-26-23-20-17-14-11-8-5-2/h7,10,15-16,18-19,24-25,27-29,31-33,35-36,38-39,41-42,44-45,48-49,55,58,74H,4-6,8-9,11-14,17,20-23,26,30,34,37,40,43,46-47,50-54,56-57,59-73H2,1-3H3/b10-7-,18-15-,19-16-,27-24-,28-25-,31-29-,33-32-,36-35-,39-38-,42-41-,45-44-,49-48-,58-55-. The number of hydrogen-bond acceptors (Lipinski definition) is 6. The molecular formula is C77H124O6. The number of allylic oxidation sites excluding steroid dienone is 26. The lowest BCUT2D eigenvalue weighted by molar-refractivity contribution is -0.167. The van der Waals surface area contributed by atoms with E-state index in [1.807, 2.05) is 0 Å². The summed E-state index contributed by atoms with van der Waals surface area (Å²) in [6, 6.07) is 0. The maximum Gasteiger partial charge on any atom is 0.306 e. The van der Waals surface area contributed by atoms with Crippen LogP contribution in [0.4, 0.5) is 0 Å². The Kier molecular flexibility index (Phi) is 65.4. The minimum Gasteiger partial charge on any atom is -0.462 e. The van der Waals surface area contributed by atoms with Gasteiger partial charge >= 0.3 is 17.9 Å². The number of esters is 3. The molecule has 0 bridgehead atoms. The van der Waals surface area contributed by atoms with Crippen molar-refractivity contribution in [1.82, 2.24) is 0 Å². The second-order valence-corrected chi connectivity index (χ2v) is 22.0. The van der Waals surface area contributed by atoms with Gasteiger partial charge in [-0.05, 0) is 148 Å². The normalized spacial score (nSPS) is 13.1. The van der Waals surface area contributed by atoms with Crippen molar-refractivity contribution in [3.8, 4) is 0 Å². The molecule has 0 radical (unpaired) electrons. The molecule has 6 nitrogen and oxygen atoms in total. The van der Waals surface area contributed by atoms with Crippen LogP contribution in [0.25, 0.3) is 0 Å². The van der Waals surface area contributed by atoms with Crippen LogP contribution in [-0.4, -0.2) is 37.2 Å². The van der Waals surface area contributed by atoms with Crippen LogP contribution >= 0.6 is 0 Å². The third-order valence-corrected chi connectivity index (χ3v) is 14.0. The number of ether oxygens (including phenoxy) is 3. The van der Waals surface area contributed by atoms with Crippen molar-refractivity contribution in [3.63, 3.8) is 0 Å². The molecule has 0 rings (SSSR count). The third-order valence-electron chi connectivity index (χ3n) is 14.0. The maximum absolute atomic E-state index is 12.9. The van der Waals surface area contributed by atoms with Crippen molar-refractivity contribution in [2.24, 2.45) is 0 Å². The zero-order valence-corrected chi connectivity index (χ0v) is 53.7. The monoisotopic (exact) mass is 1140 g/mol. The lowest BCUT2D eigenvalue weighted by Gasteiger charge is -2.18. The SMILES string of the molecule is CC/C=C\C/C=C\C/C=C\C/C=C\C/C=C\C/C=C\C/C=C\C/C=C\C/C=C\C/C=C\CCCCC(=O)OCC(COC(=O)CCCCCCC/C=C\C/C=C\CCCC)OC(=O)CCCCCCCCC/C=C\CCCCCCCCC. The van der Waals surface area contributed by atoms with Gasteiger partial charge in [-0.2, -0.15) is 0 Å². The van der Waals surface area contributed by atoms with Crippen molar-refractivity contribution in [3.05, 3.63) is 158 Å². The molecule has 0 N–H and O–H groups in total.